The Kier molecular flexibility index (Phi) is 4.86. The van der Waals surface area contributed by atoms with E-state index < -0.39 is 10.0 Å². The van der Waals surface area contributed by atoms with Crippen LogP contribution in [0.4, 0.5) is 5.69 Å². The molecule has 0 aromatic heterocycles. The van der Waals surface area contributed by atoms with Gasteiger partial charge in [0.2, 0.25) is 10.0 Å². The van der Waals surface area contributed by atoms with Gasteiger partial charge in [-0.2, -0.15) is 0 Å². The predicted octanol–water partition coefficient (Wildman–Crippen LogP) is 3.39. The third-order valence-electron chi connectivity index (χ3n) is 3.90. The number of rotatable bonds is 6. The highest BCUT2D eigenvalue weighted by molar-refractivity contribution is 7.92. The maximum absolute atomic E-state index is 12.2. The fourth-order valence-corrected chi connectivity index (χ4v) is 3.88. The van der Waals surface area contributed by atoms with Gasteiger partial charge in [0.25, 0.3) is 0 Å². The van der Waals surface area contributed by atoms with Gasteiger partial charge < -0.3 is 4.74 Å². The van der Waals surface area contributed by atoms with Gasteiger partial charge in [-0.25, -0.2) is 8.42 Å². The van der Waals surface area contributed by atoms with Crippen molar-refractivity contribution in [1.29, 1.82) is 0 Å². The fraction of sp³-hybridized carbons (Fsp3) is 0.333. The van der Waals surface area contributed by atoms with Crippen molar-refractivity contribution in [3.8, 4) is 5.75 Å². The van der Waals surface area contributed by atoms with Crippen molar-refractivity contribution >= 4 is 15.7 Å². The summed E-state index contributed by atoms with van der Waals surface area (Å²) in [5.74, 6) is 0.985. The summed E-state index contributed by atoms with van der Waals surface area (Å²) in [4.78, 5) is 0. The van der Waals surface area contributed by atoms with E-state index >= 15 is 0 Å². The molecule has 4 nitrogen and oxygen atoms in total. The van der Waals surface area contributed by atoms with Crippen molar-refractivity contribution in [2.24, 2.45) is 0 Å². The minimum Gasteiger partial charge on any atom is -0.493 e. The molecule has 2 aromatic carbocycles. The molecule has 0 aliphatic carbocycles. The first-order chi connectivity index (χ1) is 11.1. The summed E-state index contributed by atoms with van der Waals surface area (Å²) in [6.45, 7) is 0.734. The van der Waals surface area contributed by atoms with E-state index in [1.54, 1.807) is 6.07 Å². The molecule has 5 heteroatoms. The van der Waals surface area contributed by atoms with Crippen LogP contribution in [0.15, 0.2) is 48.5 Å². The van der Waals surface area contributed by atoms with Crippen LogP contribution < -0.4 is 9.46 Å². The molecule has 1 aliphatic heterocycles. The molecular formula is C18H21NO3S. The smallest absolute Gasteiger partial charge is 0.232 e. The van der Waals surface area contributed by atoms with Gasteiger partial charge in [0.05, 0.1) is 12.4 Å². The topological polar surface area (TPSA) is 55.4 Å². The molecular weight excluding hydrogens is 310 g/mol. The number of hydrogen-bond donors (Lipinski definition) is 1. The lowest BCUT2D eigenvalue weighted by Crippen LogP contribution is -2.17. The van der Waals surface area contributed by atoms with Crippen LogP contribution in [-0.2, 0) is 22.9 Å². The summed E-state index contributed by atoms with van der Waals surface area (Å²) in [5.41, 5.74) is 2.85. The van der Waals surface area contributed by atoms with Crippen molar-refractivity contribution < 1.29 is 13.2 Å². The molecule has 23 heavy (non-hydrogen) atoms. The Morgan fingerprint density at radius 2 is 1.91 bits per heavy atom. The fourth-order valence-electron chi connectivity index (χ4n) is 2.77. The Hall–Kier alpha value is -2.01. The second kappa shape index (κ2) is 7.04. The minimum atomic E-state index is -3.32. The Bertz CT molecular complexity index is 757. The molecule has 0 bridgehead atoms. The minimum absolute atomic E-state index is 0.121. The van der Waals surface area contributed by atoms with Gasteiger partial charge in [0.1, 0.15) is 5.75 Å². The van der Waals surface area contributed by atoms with Crippen molar-refractivity contribution in [3.63, 3.8) is 0 Å². The third-order valence-corrected chi connectivity index (χ3v) is 5.28. The summed E-state index contributed by atoms with van der Waals surface area (Å²) in [6.07, 6.45) is 3.27. The molecule has 0 atom stereocenters. The SMILES string of the molecule is O=S(=O)(CCCc1ccccc1)Nc1ccc2c(c1)CCCO2. The van der Waals surface area contributed by atoms with E-state index in [1.165, 1.54) is 0 Å². The number of sulfonamides is 1. The lowest BCUT2D eigenvalue weighted by atomic mass is 10.1. The highest BCUT2D eigenvalue weighted by Gasteiger charge is 2.14. The quantitative estimate of drug-likeness (QED) is 0.883. The molecule has 2 aromatic rings. The molecule has 0 spiro atoms. The van der Waals surface area contributed by atoms with E-state index in [-0.39, 0.29) is 5.75 Å². The Morgan fingerprint density at radius 3 is 2.74 bits per heavy atom. The number of nitrogens with one attached hydrogen (secondary N) is 1. The third kappa shape index (κ3) is 4.48. The number of benzene rings is 2. The lowest BCUT2D eigenvalue weighted by molar-refractivity contribution is 0.288. The first-order valence-corrected chi connectivity index (χ1v) is 9.58. The summed E-state index contributed by atoms with van der Waals surface area (Å²) < 4.78 is 32.6. The lowest BCUT2D eigenvalue weighted by Gasteiger charge is -2.18. The molecule has 0 radical (unpaired) electrons. The molecule has 3 rings (SSSR count). The second-order valence-electron chi connectivity index (χ2n) is 5.78. The van der Waals surface area contributed by atoms with Crippen LogP contribution >= 0.6 is 0 Å². The van der Waals surface area contributed by atoms with Crippen molar-refractivity contribution in [2.45, 2.75) is 25.7 Å². The average molecular weight is 331 g/mol. The molecule has 0 saturated carbocycles. The van der Waals surface area contributed by atoms with Crippen molar-refractivity contribution in [1.82, 2.24) is 0 Å². The molecule has 0 unspecified atom stereocenters. The van der Waals surface area contributed by atoms with E-state index in [9.17, 15) is 8.42 Å². The summed E-state index contributed by atoms with van der Waals surface area (Å²) in [7, 11) is -3.32. The Labute approximate surface area is 137 Å². The Morgan fingerprint density at radius 1 is 1.09 bits per heavy atom. The molecule has 1 heterocycles. The van der Waals surface area contributed by atoms with Crippen molar-refractivity contribution in [2.75, 3.05) is 17.1 Å². The van der Waals surface area contributed by atoms with Crippen LogP contribution in [0.3, 0.4) is 0 Å². The maximum atomic E-state index is 12.2. The molecule has 0 saturated heterocycles. The first kappa shape index (κ1) is 15.9. The van der Waals surface area contributed by atoms with Gasteiger partial charge in [0.15, 0.2) is 0 Å². The standard InChI is InChI=1S/C18H21NO3S/c20-23(21,13-5-8-15-6-2-1-3-7-15)19-17-10-11-18-16(14-17)9-4-12-22-18/h1-3,6-7,10-11,14,19H,4-5,8-9,12-13H2. The Balaban J connectivity index is 1.58. The molecule has 122 valence electrons. The van der Waals surface area contributed by atoms with Crippen LogP contribution in [0.2, 0.25) is 0 Å². The zero-order valence-corrected chi connectivity index (χ0v) is 13.8. The van der Waals surface area contributed by atoms with Crippen LogP contribution in [0.5, 0.6) is 5.75 Å². The predicted molar refractivity (Wildman–Crippen MR) is 92.4 cm³/mol. The number of fused-ring (bicyclic) bond motifs is 1. The molecule has 1 N–H and O–H groups in total. The normalized spacial score (nSPS) is 13.9. The van der Waals surface area contributed by atoms with Gasteiger partial charge in [-0.15, -0.1) is 0 Å². The summed E-state index contributed by atoms with van der Waals surface area (Å²) in [5, 5.41) is 0. The van der Waals surface area contributed by atoms with E-state index in [1.807, 2.05) is 42.5 Å². The van der Waals surface area contributed by atoms with Gasteiger partial charge in [0, 0.05) is 5.69 Å². The highest BCUT2D eigenvalue weighted by atomic mass is 32.2. The average Bonchev–Trinajstić information content (AvgIpc) is 2.55. The zero-order valence-electron chi connectivity index (χ0n) is 13.0. The second-order valence-corrected chi connectivity index (χ2v) is 7.63. The maximum Gasteiger partial charge on any atom is 0.232 e. The summed E-state index contributed by atoms with van der Waals surface area (Å²) >= 11 is 0. The molecule has 0 amide bonds. The largest absolute Gasteiger partial charge is 0.493 e. The molecule has 0 fully saturated rings. The monoisotopic (exact) mass is 331 g/mol. The highest BCUT2D eigenvalue weighted by Crippen LogP contribution is 2.27. The van der Waals surface area contributed by atoms with E-state index in [2.05, 4.69) is 4.72 Å². The zero-order chi connectivity index (χ0) is 16.1. The van der Waals surface area contributed by atoms with Gasteiger partial charge >= 0.3 is 0 Å². The van der Waals surface area contributed by atoms with E-state index in [4.69, 9.17) is 4.74 Å². The number of ether oxygens (including phenoxy) is 1. The number of aryl methyl sites for hydroxylation is 2. The molecule has 1 aliphatic rings. The van der Waals surface area contributed by atoms with Crippen LogP contribution in [0.25, 0.3) is 0 Å². The van der Waals surface area contributed by atoms with Crippen LogP contribution in [-0.4, -0.2) is 20.8 Å². The van der Waals surface area contributed by atoms with Gasteiger partial charge in [-0.3, -0.25) is 4.72 Å². The number of hydrogen-bond acceptors (Lipinski definition) is 3. The van der Waals surface area contributed by atoms with Crippen molar-refractivity contribution in [3.05, 3.63) is 59.7 Å². The van der Waals surface area contributed by atoms with Crippen LogP contribution in [0, 0.1) is 0 Å². The number of anilines is 1. The summed E-state index contributed by atoms with van der Waals surface area (Å²) in [6, 6.07) is 15.4. The van der Waals surface area contributed by atoms with Gasteiger partial charge in [-0.05, 0) is 55.0 Å². The van der Waals surface area contributed by atoms with Crippen LogP contribution in [0.1, 0.15) is 24.0 Å². The first-order valence-electron chi connectivity index (χ1n) is 7.92. The van der Waals surface area contributed by atoms with E-state index in [0.29, 0.717) is 12.1 Å². The van der Waals surface area contributed by atoms with Gasteiger partial charge in [-0.1, -0.05) is 30.3 Å². The van der Waals surface area contributed by atoms with E-state index in [0.717, 1.165) is 42.7 Å².